The number of aromatic nitrogens is 3. The van der Waals surface area contributed by atoms with Crippen LogP contribution in [0.4, 0.5) is 9.52 Å². The maximum absolute atomic E-state index is 13.1. The summed E-state index contributed by atoms with van der Waals surface area (Å²) in [5.74, 6) is 1.15. The van der Waals surface area contributed by atoms with E-state index in [9.17, 15) is 9.18 Å². The van der Waals surface area contributed by atoms with Gasteiger partial charge in [0.25, 0.3) is 11.8 Å². The van der Waals surface area contributed by atoms with Crippen molar-refractivity contribution in [3.63, 3.8) is 0 Å². The Morgan fingerprint density at radius 2 is 1.81 bits per heavy atom. The quantitative estimate of drug-likeness (QED) is 0.456. The molecule has 2 heterocycles. The van der Waals surface area contributed by atoms with Gasteiger partial charge in [-0.05, 0) is 55.5 Å². The van der Waals surface area contributed by atoms with Crippen molar-refractivity contribution in [2.24, 2.45) is 0 Å². The fourth-order valence-electron chi connectivity index (χ4n) is 2.66. The predicted octanol–water partition coefficient (Wildman–Crippen LogP) is 4.33. The molecule has 158 valence electrons. The summed E-state index contributed by atoms with van der Waals surface area (Å²) in [5, 5.41) is 7.02. The maximum atomic E-state index is 13.1. The molecule has 4 aromatic rings. The van der Waals surface area contributed by atoms with Gasteiger partial charge in [-0.3, -0.25) is 10.1 Å². The Balaban J connectivity index is 1.40. The molecule has 8 nitrogen and oxygen atoms in total. The maximum Gasteiger partial charge on any atom is 0.270 e. The molecule has 31 heavy (non-hydrogen) atoms. The van der Waals surface area contributed by atoms with Gasteiger partial charge in [0, 0.05) is 5.56 Å². The molecular weight excluding hydrogens is 423 g/mol. The first-order valence-electron chi connectivity index (χ1n) is 9.16. The van der Waals surface area contributed by atoms with Gasteiger partial charge in [0.05, 0.1) is 12.8 Å². The Labute approximate surface area is 180 Å². The molecule has 0 aliphatic rings. The summed E-state index contributed by atoms with van der Waals surface area (Å²) in [4.78, 5) is 21.5. The molecule has 0 aliphatic heterocycles. The Morgan fingerprint density at radius 3 is 2.52 bits per heavy atom. The molecule has 2 aromatic carbocycles. The zero-order chi connectivity index (χ0) is 21.8. The minimum Gasteiger partial charge on any atom is -0.497 e. The number of benzene rings is 2. The predicted molar refractivity (Wildman–Crippen MR) is 113 cm³/mol. The third-order valence-electron chi connectivity index (χ3n) is 4.20. The van der Waals surface area contributed by atoms with Crippen LogP contribution < -0.4 is 14.8 Å². The normalized spacial score (nSPS) is 10.7. The Bertz CT molecular complexity index is 1190. The van der Waals surface area contributed by atoms with Crippen LogP contribution in [0.1, 0.15) is 5.69 Å². The van der Waals surface area contributed by atoms with E-state index in [1.165, 1.54) is 23.5 Å². The minimum atomic E-state index is -0.353. The van der Waals surface area contributed by atoms with E-state index in [0.29, 0.717) is 38.6 Å². The van der Waals surface area contributed by atoms with E-state index in [2.05, 4.69) is 20.4 Å². The van der Waals surface area contributed by atoms with Gasteiger partial charge in [0.1, 0.15) is 22.2 Å². The number of rotatable bonds is 7. The number of halogens is 1. The van der Waals surface area contributed by atoms with E-state index in [4.69, 9.17) is 14.0 Å². The molecule has 0 saturated heterocycles. The monoisotopic (exact) mass is 440 g/mol. The zero-order valence-electron chi connectivity index (χ0n) is 16.6. The lowest BCUT2D eigenvalue weighted by atomic mass is 10.2. The molecule has 0 unspecified atom stereocenters. The van der Waals surface area contributed by atoms with Crippen molar-refractivity contribution in [2.75, 3.05) is 19.0 Å². The van der Waals surface area contributed by atoms with Crippen molar-refractivity contribution in [3.8, 4) is 33.7 Å². The lowest BCUT2D eigenvalue weighted by molar-refractivity contribution is -0.118. The molecule has 10 heteroatoms. The van der Waals surface area contributed by atoms with Crippen LogP contribution in [0.3, 0.4) is 0 Å². The van der Waals surface area contributed by atoms with E-state index in [1.807, 2.05) is 0 Å². The van der Waals surface area contributed by atoms with E-state index in [0.717, 1.165) is 0 Å². The van der Waals surface area contributed by atoms with Gasteiger partial charge in [-0.1, -0.05) is 16.5 Å². The second-order valence-corrected chi connectivity index (χ2v) is 7.38. The van der Waals surface area contributed by atoms with Crippen molar-refractivity contribution in [1.29, 1.82) is 0 Å². The van der Waals surface area contributed by atoms with Crippen LogP contribution in [0.5, 0.6) is 11.5 Å². The van der Waals surface area contributed by atoms with Crippen LogP contribution in [-0.2, 0) is 4.79 Å². The van der Waals surface area contributed by atoms with Crippen LogP contribution in [0.15, 0.2) is 53.1 Å². The van der Waals surface area contributed by atoms with Crippen LogP contribution in [0.25, 0.3) is 22.2 Å². The first-order valence-corrected chi connectivity index (χ1v) is 9.97. The van der Waals surface area contributed by atoms with Crippen molar-refractivity contribution >= 4 is 22.4 Å². The molecule has 0 fully saturated rings. The molecular formula is C21H17FN4O4S. The van der Waals surface area contributed by atoms with Gasteiger partial charge in [-0.15, -0.1) is 0 Å². The van der Waals surface area contributed by atoms with E-state index in [1.54, 1.807) is 50.4 Å². The number of carbonyl (C=O) groups excluding carboxylic acids is 1. The number of anilines is 1. The second kappa shape index (κ2) is 8.92. The molecule has 0 spiro atoms. The van der Waals surface area contributed by atoms with Crippen molar-refractivity contribution in [1.82, 2.24) is 15.1 Å². The smallest absolute Gasteiger partial charge is 0.270 e. The third-order valence-corrected chi connectivity index (χ3v) is 5.26. The van der Waals surface area contributed by atoms with Gasteiger partial charge >= 0.3 is 0 Å². The van der Waals surface area contributed by atoms with Crippen molar-refractivity contribution in [3.05, 3.63) is 60.0 Å². The van der Waals surface area contributed by atoms with Gasteiger partial charge in [-0.25, -0.2) is 9.37 Å². The van der Waals surface area contributed by atoms with Gasteiger partial charge in [0.15, 0.2) is 11.7 Å². The van der Waals surface area contributed by atoms with E-state index < -0.39 is 0 Å². The number of hydrogen-bond donors (Lipinski definition) is 1. The Kier molecular flexibility index (Phi) is 5.89. The number of ether oxygens (including phenoxy) is 2. The molecule has 0 atom stereocenters. The van der Waals surface area contributed by atoms with Crippen LogP contribution in [0.2, 0.25) is 0 Å². The first-order chi connectivity index (χ1) is 15.0. The molecule has 4 rings (SSSR count). The fraction of sp³-hybridized carbons (Fsp3) is 0.143. The summed E-state index contributed by atoms with van der Waals surface area (Å²) in [6, 6.07) is 12.7. The van der Waals surface area contributed by atoms with Crippen molar-refractivity contribution in [2.45, 2.75) is 6.92 Å². The SMILES string of the molecule is COc1ccc(OCC(=O)Nc2nc(C)c(-c3nc(-c4ccc(F)cc4)no3)s2)cc1. The van der Waals surface area contributed by atoms with Crippen molar-refractivity contribution < 1.29 is 23.2 Å². The average molecular weight is 440 g/mol. The summed E-state index contributed by atoms with van der Waals surface area (Å²) >= 11 is 1.21. The van der Waals surface area contributed by atoms with E-state index in [-0.39, 0.29) is 24.2 Å². The van der Waals surface area contributed by atoms with Gasteiger partial charge < -0.3 is 14.0 Å². The summed E-state index contributed by atoms with van der Waals surface area (Å²) in [6.07, 6.45) is 0. The topological polar surface area (TPSA) is 99.4 Å². The number of nitrogens with one attached hydrogen (secondary N) is 1. The highest BCUT2D eigenvalue weighted by Crippen LogP contribution is 2.32. The average Bonchev–Trinajstić information content (AvgIpc) is 3.40. The van der Waals surface area contributed by atoms with Crippen LogP contribution in [0, 0.1) is 12.7 Å². The molecule has 0 saturated carbocycles. The summed E-state index contributed by atoms with van der Waals surface area (Å²) in [6.45, 7) is 1.60. The zero-order valence-corrected chi connectivity index (χ0v) is 17.4. The number of methoxy groups -OCH3 is 1. The standard InChI is InChI=1S/C21H17FN4O4S/c1-12-18(20-25-19(26-30-20)13-3-5-14(22)6-4-13)31-21(23-12)24-17(27)11-29-16-9-7-15(28-2)8-10-16/h3-10H,11H2,1-2H3,(H,23,24,27). The number of thiazole rings is 1. The highest BCUT2D eigenvalue weighted by atomic mass is 32.1. The molecule has 1 N–H and O–H groups in total. The number of hydrogen-bond acceptors (Lipinski definition) is 8. The molecule has 0 bridgehead atoms. The molecule has 0 aliphatic carbocycles. The molecule has 2 aromatic heterocycles. The number of amides is 1. The second-order valence-electron chi connectivity index (χ2n) is 6.38. The highest BCUT2D eigenvalue weighted by molar-refractivity contribution is 7.19. The number of nitrogens with zero attached hydrogens (tertiary/aromatic N) is 3. The number of aryl methyl sites for hydroxylation is 1. The fourth-order valence-corrected chi connectivity index (χ4v) is 3.56. The highest BCUT2D eigenvalue weighted by Gasteiger charge is 2.18. The number of carbonyl (C=O) groups is 1. The van der Waals surface area contributed by atoms with Crippen LogP contribution in [-0.4, -0.2) is 34.7 Å². The van der Waals surface area contributed by atoms with Gasteiger partial charge in [0.2, 0.25) is 5.82 Å². The van der Waals surface area contributed by atoms with E-state index >= 15 is 0 Å². The summed E-state index contributed by atoms with van der Waals surface area (Å²) < 4.78 is 29.0. The lowest BCUT2D eigenvalue weighted by Gasteiger charge is -2.06. The summed E-state index contributed by atoms with van der Waals surface area (Å²) in [7, 11) is 1.57. The largest absolute Gasteiger partial charge is 0.497 e. The van der Waals surface area contributed by atoms with Gasteiger partial charge in [-0.2, -0.15) is 4.98 Å². The third kappa shape index (κ3) is 4.86. The molecule has 0 radical (unpaired) electrons. The Hall–Kier alpha value is -3.79. The summed E-state index contributed by atoms with van der Waals surface area (Å²) in [5.41, 5.74) is 1.26. The lowest BCUT2D eigenvalue weighted by Crippen LogP contribution is -2.20. The minimum absolute atomic E-state index is 0.171. The van der Waals surface area contributed by atoms with Crippen LogP contribution >= 0.6 is 11.3 Å². The Morgan fingerprint density at radius 1 is 1.10 bits per heavy atom. The molecule has 1 amide bonds. The first kappa shape index (κ1) is 20.5.